The lowest BCUT2D eigenvalue weighted by Crippen LogP contribution is -2.29. The predicted molar refractivity (Wildman–Crippen MR) is 119 cm³/mol. The molecule has 164 valence electrons. The van der Waals surface area contributed by atoms with E-state index < -0.39 is 15.7 Å². The molecule has 2 aromatic heterocycles. The van der Waals surface area contributed by atoms with Gasteiger partial charge < -0.3 is 13.7 Å². The number of halogens is 1. The van der Waals surface area contributed by atoms with Gasteiger partial charge in [0.15, 0.2) is 5.76 Å². The van der Waals surface area contributed by atoms with Crippen LogP contribution in [0.15, 0.2) is 97.9 Å². The molecule has 6 nitrogen and oxygen atoms in total. The number of benzene rings is 2. The topological polar surface area (TPSA) is 80.7 Å². The minimum atomic E-state index is -3.92. The van der Waals surface area contributed by atoms with Gasteiger partial charge in [-0.2, -0.15) is 0 Å². The summed E-state index contributed by atoms with van der Waals surface area (Å²) in [6.07, 6.45) is 1.54. The third-order valence-electron chi connectivity index (χ3n) is 4.89. The second-order valence-electron chi connectivity index (χ2n) is 7.30. The van der Waals surface area contributed by atoms with Gasteiger partial charge in [0.2, 0.25) is 14.9 Å². The average Bonchev–Trinajstić information content (AvgIpc) is 3.47. The molecule has 32 heavy (non-hydrogen) atoms. The van der Waals surface area contributed by atoms with Crippen molar-refractivity contribution in [3.8, 4) is 0 Å². The van der Waals surface area contributed by atoms with E-state index in [0.29, 0.717) is 17.3 Å². The number of carbonyl (C=O) groups excluding carboxylic acids is 1. The monoisotopic (exact) mass is 469 g/mol. The molecule has 8 heteroatoms. The van der Waals surface area contributed by atoms with Crippen LogP contribution in [-0.4, -0.2) is 19.2 Å². The van der Waals surface area contributed by atoms with E-state index in [1.807, 2.05) is 31.2 Å². The number of aryl methyl sites for hydroxylation is 1. The Kier molecular flexibility index (Phi) is 6.21. The Morgan fingerprint density at radius 3 is 2.31 bits per heavy atom. The highest BCUT2D eigenvalue weighted by molar-refractivity contribution is 7.91. The predicted octanol–water partition coefficient (Wildman–Crippen LogP) is 5.51. The minimum Gasteiger partial charge on any atom is -0.467 e. The van der Waals surface area contributed by atoms with Crippen LogP contribution >= 0.6 is 11.6 Å². The first-order valence-corrected chi connectivity index (χ1v) is 11.7. The molecule has 0 spiro atoms. The van der Waals surface area contributed by atoms with E-state index in [1.165, 1.54) is 42.7 Å². The molecular formula is C24H20ClNO5S. The van der Waals surface area contributed by atoms with Crippen molar-refractivity contribution >= 4 is 27.3 Å². The van der Waals surface area contributed by atoms with Crippen LogP contribution < -0.4 is 0 Å². The molecule has 1 amide bonds. The standard InChI is InChI=1S/C24H20ClNO5S/c1-17-4-6-18(7-5-17)15-26(16-20-3-2-14-30-20)24(27)22-12-13-23(31-22)32(28,29)21-10-8-19(25)9-11-21/h2-14H,15-16H2,1H3. The lowest BCUT2D eigenvalue weighted by molar-refractivity contribution is 0.0679. The Morgan fingerprint density at radius 2 is 1.66 bits per heavy atom. The molecule has 0 aliphatic carbocycles. The van der Waals surface area contributed by atoms with Gasteiger partial charge in [0.05, 0.1) is 17.7 Å². The third-order valence-corrected chi connectivity index (χ3v) is 6.78. The fourth-order valence-electron chi connectivity index (χ4n) is 3.17. The SMILES string of the molecule is Cc1ccc(CN(Cc2ccco2)C(=O)c2ccc(S(=O)(=O)c3ccc(Cl)cc3)o2)cc1. The van der Waals surface area contributed by atoms with Gasteiger partial charge in [-0.3, -0.25) is 4.79 Å². The molecule has 0 aliphatic rings. The van der Waals surface area contributed by atoms with Crippen molar-refractivity contribution in [3.05, 3.63) is 107 Å². The fourth-order valence-corrected chi connectivity index (χ4v) is 4.47. The maximum absolute atomic E-state index is 13.2. The maximum atomic E-state index is 13.2. The lowest BCUT2D eigenvalue weighted by atomic mass is 10.1. The Hall–Kier alpha value is -3.29. The number of furan rings is 2. The van der Waals surface area contributed by atoms with Crippen LogP contribution in [-0.2, 0) is 22.9 Å². The second kappa shape index (κ2) is 9.06. The zero-order chi connectivity index (χ0) is 22.7. The van der Waals surface area contributed by atoms with Gasteiger partial charge in [-0.15, -0.1) is 0 Å². The molecule has 2 aromatic carbocycles. The number of amides is 1. The van der Waals surface area contributed by atoms with Crippen LogP contribution in [0.1, 0.15) is 27.4 Å². The Labute approximate surface area is 191 Å². The Bertz CT molecular complexity index is 1310. The van der Waals surface area contributed by atoms with Crippen LogP contribution in [0.3, 0.4) is 0 Å². The van der Waals surface area contributed by atoms with E-state index in [0.717, 1.165) is 11.1 Å². The smallest absolute Gasteiger partial charge is 0.290 e. The number of rotatable bonds is 7. The van der Waals surface area contributed by atoms with Gasteiger partial charge in [-0.25, -0.2) is 8.42 Å². The molecular weight excluding hydrogens is 450 g/mol. The van der Waals surface area contributed by atoms with Crippen LogP contribution in [0.5, 0.6) is 0 Å². The quantitative estimate of drug-likeness (QED) is 0.356. The molecule has 0 aliphatic heterocycles. The van der Waals surface area contributed by atoms with Gasteiger partial charge in [-0.1, -0.05) is 41.4 Å². The summed E-state index contributed by atoms with van der Waals surface area (Å²) in [4.78, 5) is 14.8. The van der Waals surface area contributed by atoms with E-state index in [1.54, 1.807) is 17.0 Å². The number of carbonyl (C=O) groups is 1. The first kappa shape index (κ1) is 21.9. The molecule has 2 heterocycles. The first-order valence-electron chi connectivity index (χ1n) is 9.80. The Balaban J connectivity index is 1.61. The van der Waals surface area contributed by atoms with Crippen molar-refractivity contribution in [1.82, 2.24) is 4.90 Å². The van der Waals surface area contributed by atoms with Crippen LogP contribution in [0.4, 0.5) is 0 Å². The molecule has 4 aromatic rings. The lowest BCUT2D eigenvalue weighted by Gasteiger charge is -2.21. The first-order chi connectivity index (χ1) is 15.3. The molecule has 0 radical (unpaired) electrons. The normalized spacial score (nSPS) is 11.4. The summed E-state index contributed by atoms with van der Waals surface area (Å²) in [6.45, 7) is 2.50. The summed E-state index contributed by atoms with van der Waals surface area (Å²) in [6, 6.07) is 19.7. The third kappa shape index (κ3) is 4.79. The minimum absolute atomic E-state index is 0.0300. The summed E-state index contributed by atoms with van der Waals surface area (Å²) >= 11 is 5.85. The molecule has 0 bridgehead atoms. The van der Waals surface area contributed by atoms with Crippen LogP contribution in [0, 0.1) is 6.92 Å². The highest BCUT2D eigenvalue weighted by atomic mass is 35.5. The maximum Gasteiger partial charge on any atom is 0.290 e. The number of sulfone groups is 1. The second-order valence-corrected chi connectivity index (χ2v) is 9.62. The summed E-state index contributed by atoms with van der Waals surface area (Å²) < 4.78 is 36.6. The number of hydrogen-bond acceptors (Lipinski definition) is 5. The number of nitrogens with zero attached hydrogens (tertiary/aromatic N) is 1. The van der Waals surface area contributed by atoms with Gasteiger partial charge in [-0.05, 0) is 61.0 Å². The summed E-state index contributed by atoms with van der Waals surface area (Å²) in [5.74, 6) is 0.0850. The van der Waals surface area contributed by atoms with Crippen molar-refractivity contribution in [2.75, 3.05) is 0 Å². The number of hydrogen-bond donors (Lipinski definition) is 0. The van der Waals surface area contributed by atoms with Gasteiger partial charge in [0, 0.05) is 11.6 Å². The van der Waals surface area contributed by atoms with Gasteiger partial charge >= 0.3 is 0 Å². The summed E-state index contributed by atoms with van der Waals surface area (Å²) in [7, 11) is -3.92. The summed E-state index contributed by atoms with van der Waals surface area (Å²) in [5, 5.41) is 0.111. The van der Waals surface area contributed by atoms with Crippen molar-refractivity contribution < 1.29 is 22.0 Å². The zero-order valence-electron chi connectivity index (χ0n) is 17.2. The largest absolute Gasteiger partial charge is 0.467 e. The molecule has 0 atom stereocenters. The molecule has 0 fully saturated rings. The van der Waals surface area contributed by atoms with E-state index >= 15 is 0 Å². The van der Waals surface area contributed by atoms with Gasteiger partial charge in [0.25, 0.3) is 5.91 Å². The van der Waals surface area contributed by atoms with E-state index in [-0.39, 0.29) is 22.3 Å². The molecule has 4 rings (SSSR count). The Morgan fingerprint density at radius 1 is 0.938 bits per heavy atom. The average molecular weight is 470 g/mol. The van der Waals surface area contributed by atoms with E-state index in [2.05, 4.69) is 0 Å². The highest BCUT2D eigenvalue weighted by Gasteiger charge is 2.26. The zero-order valence-corrected chi connectivity index (χ0v) is 18.8. The molecule has 0 saturated heterocycles. The van der Waals surface area contributed by atoms with Crippen molar-refractivity contribution in [2.45, 2.75) is 30.0 Å². The summed E-state index contributed by atoms with van der Waals surface area (Å²) in [5.41, 5.74) is 2.04. The van der Waals surface area contributed by atoms with Crippen molar-refractivity contribution in [1.29, 1.82) is 0 Å². The highest BCUT2D eigenvalue weighted by Crippen LogP contribution is 2.25. The van der Waals surface area contributed by atoms with E-state index in [9.17, 15) is 13.2 Å². The van der Waals surface area contributed by atoms with Crippen LogP contribution in [0.2, 0.25) is 5.02 Å². The van der Waals surface area contributed by atoms with Crippen molar-refractivity contribution in [2.24, 2.45) is 0 Å². The van der Waals surface area contributed by atoms with E-state index in [4.69, 9.17) is 20.4 Å². The fraction of sp³-hybridized carbons (Fsp3) is 0.125. The molecule has 0 saturated carbocycles. The van der Waals surface area contributed by atoms with Gasteiger partial charge in [0.1, 0.15) is 5.76 Å². The molecule has 0 N–H and O–H groups in total. The van der Waals surface area contributed by atoms with Crippen molar-refractivity contribution in [3.63, 3.8) is 0 Å². The molecule has 0 unspecified atom stereocenters. The van der Waals surface area contributed by atoms with Crippen LogP contribution in [0.25, 0.3) is 0 Å².